The van der Waals surface area contributed by atoms with Crippen LogP contribution in [0.1, 0.15) is 6.92 Å². The first kappa shape index (κ1) is 15.5. The number of carbonyl (C=O) groups excluding carboxylic acids is 3. The first-order valence-corrected chi connectivity index (χ1v) is 7.16. The van der Waals surface area contributed by atoms with E-state index in [1.807, 2.05) is 41.0 Å². The van der Waals surface area contributed by atoms with Crippen LogP contribution in [0.5, 0.6) is 17.2 Å². The summed E-state index contributed by atoms with van der Waals surface area (Å²) in [5.74, 6) is -0.0895. The summed E-state index contributed by atoms with van der Waals surface area (Å²) in [6, 6.07) is 14.8. The summed E-state index contributed by atoms with van der Waals surface area (Å²) in [6.07, 6.45) is 0. The molecule has 2 N–H and O–H groups in total. The van der Waals surface area contributed by atoms with Crippen LogP contribution in [0.4, 0.5) is 4.79 Å². The van der Waals surface area contributed by atoms with Gasteiger partial charge >= 0.3 is 6.03 Å². The molecule has 0 atom stereocenters. The molecule has 0 radical (unpaired) electrons. The molecule has 3 rings (SSSR count). The zero-order valence-corrected chi connectivity index (χ0v) is 12.7. The zero-order valence-electron chi connectivity index (χ0n) is 12.7. The molecule has 1 aliphatic rings. The highest BCUT2D eigenvalue weighted by atomic mass is 16.5. The Balaban J connectivity index is 1.73. The van der Waals surface area contributed by atoms with Crippen LogP contribution in [0, 0.1) is 0 Å². The number of amides is 4. The molecule has 1 aliphatic heterocycles. The lowest BCUT2D eigenvalue weighted by Crippen LogP contribution is -2.67. The van der Waals surface area contributed by atoms with Crippen molar-refractivity contribution >= 4 is 17.8 Å². The highest BCUT2D eigenvalue weighted by molar-refractivity contribution is 6.21. The van der Waals surface area contributed by atoms with E-state index < -0.39 is 23.4 Å². The number of barbiturate groups is 1. The van der Waals surface area contributed by atoms with Crippen LogP contribution in [0.25, 0.3) is 0 Å². The molecule has 0 spiro atoms. The summed E-state index contributed by atoms with van der Waals surface area (Å²) in [4.78, 5) is 34.9. The van der Waals surface area contributed by atoms with Gasteiger partial charge in [0.25, 0.3) is 17.4 Å². The van der Waals surface area contributed by atoms with Crippen molar-refractivity contribution in [2.45, 2.75) is 12.5 Å². The smallest absolute Gasteiger partial charge is 0.328 e. The van der Waals surface area contributed by atoms with Crippen LogP contribution in [0.15, 0.2) is 54.6 Å². The highest BCUT2D eigenvalue weighted by Crippen LogP contribution is 2.26. The molecule has 4 amide bonds. The Morgan fingerprint density at radius 1 is 0.750 bits per heavy atom. The van der Waals surface area contributed by atoms with E-state index in [2.05, 4.69) is 0 Å². The molecule has 24 heavy (non-hydrogen) atoms. The quantitative estimate of drug-likeness (QED) is 0.838. The van der Waals surface area contributed by atoms with Gasteiger partial charge in [0.2, 0.25) is 0 Å². The van der Waals surface area contributed by atoms with Gasteiger partial charge in [0.05, 0.1) is 0 Å². The Kier molecular flexibility index (Phi) is 3.91. The van der Waals surface area contributed by atoms with E-state index >= 15 is 0 Å². The second-order valence-electron chi connectivity index (χ2n) is 5.26. The summed E-state index contributed by atoms with van der Waals surface area (Å²) < 4.78 is 11.1. The number of imide groups is 2. The average Bonchev–Trinajstić information content (AvgIpc) is 2.56. The van der Waals surface area contributed by atoms with Crippen molar-refractivity contribution in [2.24, 2.45) is 0 Å². The van der Waals surface area contributed by atoms with E-state index in [1.54, 1.807) is 24.3 Å². The fourth-order valence-corrected chi connectivity index (χ4v) is 2.11. The van der Waals surface area contributed by atoms with E-state index in [1.165, 1.54) is 6.92 Å². The molecule has 1 fully saturated rings. The number of para-hydroxylation sites is 1. The van der Waals surface area contributed by atoms with Crippen LogP contribution < -0.4 is 20.1 Å². The number of carbonyl (C=O) groups is 3. The van der Waals surface area contributed by atoms with Gasteiger partial charge in [-0.3, -0.25) is 20.2 Å². The Morgan fingerprint density at radius 2 is 1.25 bits per heavy atom. The second-order valence-corrected chi connectivity index (χ2v) is 5.26. The fourth-order valence-electron chi connectivity index (χ4n) is 2.11. The molecule has 2 aromatic rings. The third kappa shape index (κ3) is 3.05. The van der Waals surface area contributed by atoms with Crippen molar-refractivity contribution < 1.29 is 23.9 Å². The number of nitrogens with one attached hydrogen (secondary N) is 2. The fraction of sp³-hybridized carbons (Fsp3) is 0.118. The van der Waals surface area contributed by atoms with Gasteiger partial charge < -0.3 is 9.47 Å². The number of ether oxygens (including phenoxy) is 2. The maximum Gasteiger partial charge on any atom is 0.328 e. The van der Waals surface area contributed by atoms with Crippen LogP contribution >= 0.6 is 0 Å². The predicted octanol–water partition coefficient (Wildman–Crippen LogP) is 1.98. The van der Waals surface area contributed by atoms with E-state index in [9.17, 15) is 14.4 Å². The minimum Gasteiger partial charge on any atom is -0.468 e. The van der Waals surface area contributed by atoms with E-state index in [4.69, 9.17) is 9.47 Å². The Labute approximate surface area is 137 Å². The summed E-state index contributed by atoms with van der Waals surface area (Å²) in [5.41, 5.74) is -1.82. The lowest BCUT2D eigenvalue weighted by atomic mass is 10.0. The largest absolute Gasteiger partial charge is 0.468 e. The molecular formula is C17H14N2O5. The van der Waals surface area contributed by atoms with Crippen molar-refractivity contribution in [3.05, 3.63) is 54.6 Å². The van der Waals surface area contributed by atoms with E-state index in [-0.39, 0.29) is 5.75 Å². The van der Waals surface area contributed by atoms with Crippen molar-refractivity contribution in [3.63, 3.8) is 0 Å². The minimum absolute atomic E-state index is 0.289. The lowest BCUT2D eigenvalue weighted by molar-refractivity contribution is -0.149. The number of rotatable bonds is 4. The number of urea groups is 1. The summed E-state index contributed by atoms with van der Waals surface area (Å²) >= 11 is 0. The summed E-state index contributed by atoms with van der Waals surface area (Å²) in [5, 5.41) is 4.01. The Hall–Kier alpha value is -3.35. The molecular weight excluding hydrogens is 312 g/mol. The number of hydrogen-bond donors (Lipinski definition) is 2. The van der Waals surface area contributed by atoms with Gasteiger partial charge in [0, 0.05) is 0 Å². The van der Waals surface area contributed by atoms with Crippen LogP contribution in [-0.2, 0) is 9.59 Å². The summed E-state index contributed by atoms with van der Waals surface area (Å²) in [7, 11) is 0. The monoisotopic (exact) mass is 326 g/mol. The minimum atomic E-state index is -1.82. The second kappa shape index (κ2) is 6.04. The average molecular weight is 326 g/mol. The van der Waals surface area contributed by atoms with Crippen molar-refractivity contribution in [1.82, 2.24) is 10.6 Å². The SMILES string of the molecule is CC1(Oc2ccc(Oc3ccccc3)cc2)C(=O)NC(=O)NC1=O. The van der Waals surface area contributed by atoms with Gasteiger partial charge in [-0.2, -0.15) is 0 Å². The van der Waals surface area contributed by atoms with Crippen molar-refractivity contribution in [2.75, 3.05) is 0 Å². The Morgan fingerprint density at radius 3 is 1.83 bits per heavy atom. The Bertz CT molecular complexity index is 766. The van der Waals surface area contributed by atoms with Gasteiger partial charge in [-0.1, -0.05) is 18.2 Å². The van der Waals surface area contributed by atoms with Crippen LogP contribution in [-0.4, -0.2) is 23.4 Å². The first-order chi connectivity index (χ1) is 11.5. The van der Waals surface area contributed by atoms with Crippen molar-refractivity contribution in [3.8, 4) is 17.2 Å². The predicted molar refractivity (Wildman–Crippen MR) is 83.7 cm³/mol. The van der Waals surface area contributed by atoms with Gasteiger partial charge in [-0.25, -0.2) is 4.79 Å². The standard InChI is InChI=1S/C17H14N2O5/c1-17(14(20)18-16(22)19-15(17)21)24-13-9-7-12(8-10-13)23-11-5-3-2-4-6-11/h2-10H,1H3,(H2,18,19,20,21,22). The van der Waals surface area contributed by atoms with Gasteiger partial charge in [-0.05, 0) is 43.3 Å². The molecule has 7 heteroatoms. The molecule has 0 bridgehead atoms. The zero-order chi connectivity index (χ0) is 17.2. The molecule has 2 aromatic carbocycles. The first-order valence-electron chi connectivity index (χ1n) is 7.16. The molecule has 1 heterocycles. The molecule has 0 saturated carbocycles. The third-order valence-corrected chi connectivity index (χ3v) is 3.45. The molecule has 7 nitrogen and oxygen atoms in total. The topological polar surface area (TPSA) is 93.7 Å². The van der Waals surface area contributed by atoms with Gasteiger partial charge in [-0.15, -0.1) is 0 Å². The van der Waals surface area contributed by atoms with Crippen LogP contribution in [0.3, 0.4) is 0 Å². The van der Waals surface area contributed by atoms with E-state index in [0.29, 0.717) is 11.5 Å². The van der Waals surface area contributed by atoms with Gasteiger partial charge in [0.15, 0.2) is 0 Å². The summed E-state index contributed by atoms with van der Waals surface area (Å²) in [6.45, 7) is 1.29. The lowest BCUT2D eigenvalue weighted by Gasteiger charge is -2.30. The van der Waals surface area contributed by atoms with E-state index in [0.717, 1.165) is 0 Å². The molecule has 0 aromatic heterocycles. The third-order valence-electron chi connectivity index (χ3n) is 3.45. The van der Waals surface area contributed by atoms with Gasteiger partial charge in [0.1, 0.15) is 17.2 Å². The molecule has 0 unspecified atom stereocenters. The normalized spacial score (nSPS) is 16.1. The van der Waals surface area contributed by atoms with Crippen molar-refractivity contribution in [1.29, 1.82) is 0 Å². The maximum absolute atomic E-state index is 11.9. The molecule has 0 aliphatic carbocycles. The number of benzene rings is 2. The van der Waals surface area contributed by atoms with Crippen LogP contribution in [0.2, 0.25) is 0 Å². The highest BCUT2D eigenvalue weighted by Gasteiger charge is 2.48. The molecule has 1 saturated heterocycles. The number of hydrogen-bond acceptors (Lipinski definition) is 5. The molecule has 122 valence electrons. The maximum atomic E-state index is 11.9.